The van der Waals surface area contributed by atoms with Gasteiger partial charge in [0, 0.05) is 5.57 Å². The summed E-state index contributed by atoms with van der Waals surface area (Å²) < 4.78 is 9.36. The number of ether oxygens (including phenoxy) is 2. The molecule has 0 rings (SSSR count). The molecule has 0 aromatic rings. The van der Waals surface area contributed by atoms with E-state index in [1.807, 2.05) is 6.92 Å². The van der Waals surface area contributed by atoms with Crippen LogP contribution in [-0.2, 0) is 19.1 Å². The number of carbonyl (C=O) groups excluding carboxylic acids is 2. The highest BCUT2D eigenvalue weighted by Gasteiger charge is 2.14. The summed E-state index contributed by atoms with van der Waals surface area (Å²) in [4.78, 5) is 22.0. The molecule has 4 nitrogen and oxygen atoms in total. The van der Waals surface area contributed by atoms with Crippen molar-refractivity contribution >= 4 is 11.9 Å². The summed E-state index contributed by atoms with van der Waals surface area (Å²) in [6.07, 6.45) is 0.501. The first-order valence-electron chi connectivity index (χ1n) is 4.46. The van der Waals surface area contributed by atoms with E-state index in [2.05, 4.69) is 11.3 Å². The van der Waals surface area contributed by atoms with Gasteiger partial charge in [0.15, 0.2) is 0 Å². The number of carbonyl (C=O) groups is 2. The minimum absolute atomic E-state index is 0.112. The fourth-order valence-electron chi connectivity index (χ4n) is 0.740. The second-order valence-electron chi connectivity index (χ2n) is 2.98. The first-order chi connectivity index (χ1) is 6.51. The molecule has 1 unspecified atom stereocenters. The molecule has 0 aromatic carbocycles. The monoisotopic (exact) mass is 200 g/mol. The molecule has 0 saturated carbocycles. The highest BCUT2D eigenvalue weighted by molar-refractivity contribution is 5.93. The lowest BCUT2D eigenvalue weighted by Gasteiger charge is -2.10. The number of esters is 2. The molecule has 0 saturated heterocycles. The second kappa shape index (κ2) is 6.18. The molecule has 0 spiro atoms. The zero-order chi connectivity index (χ0) is 11.1. The Morgan fingerprint density at radius 3 is 2.43 bits per heavy atom. The van der Waals surface area contributed by atoms with E-state index >= 15 is 0 Å². The molecule has 1 atom stereocenters. The number of hydrogen-bond donors (Lipinski definition) is 0. The summed E-state index contributed by atoms with van der Waals surface area (Å²) in [5, 5.41) is 0. The van der Waals surface area contributed by atoms with E-state index in [0.717, 1.165) is 6.42 Å². The molecule has 0 bridgehead atoms. The Kier molecular flexibility index (Phi) is 5.60. The predicted molar refractivity (Wildman–Crippen MR) is 51.6 cm³/mol. The van der Waals surface area contributed by atoms with Crippen molar-refractivity contribution in [3.05, 3.63) is 12.2 Å². The summed E-state index contributed by atoms with van der Waals surface area (Å²) in [6, 6.07) is 0. The largest absolute Gasteiger partial charge is 0.466 e. The van der Waals surface area contributed by atoms with E-state index in [1.54, 1.807) is 6.92 Å². The fraction of sp³-hybridized carbons (Fsp3) is 0.600. The minimum atomic E-state index is -0.578. The van der Waals surface area contributed by atoms with Crippen LogP contribution in [0, 0.1) is 0 Å². The predicted octanol–water partition coefficient (Wildman–Crippen LogP) is 1.45. The molecular formula is C10H16O4. The van der Waals surface area contributed by atoms with Crippen molar-refractivity contribution in [2.75, 3.05) is 7.11 Å². The van der Waals surface area contributed by atoms with E-state index in [4.69, 9.17) is 4.74 Å². The van der Waals surface area contributed by atoms with E-state index in [-0.39, 0.29) is 18.1 Å². The fourth-order valence-corrected chi connectivity index (χ4v) is 0.740. The normalized spacial score (nSPS) is 11.6. The third-order valence-corrected chi connectivity index (χ3v) is 1.74. The van der Waals surface area contributed by atoms with Crippen LogP contribution in [0.1, 0.15) is 26.7 Å². The van der Waals surface area contributed by atoms with Gasteiger partial charge < -0.3 is 9.47 Å². The molecule has 0 aliphatic carbocycles. The van der Waals surface area contributed by atoms with Crippen molar-refractivity contribution in [3.8, 4) is 0 Å². The number of methoxy groups -OCH3 is 1. The summed E-state index contributed by atoms with van der Waals surface area (Å²) in [5.74, 6) is -1.03. The summed E-state index contributed by atoms with van der Waals surface area (Å²) in [5.41, 5.74) is 0.112. The van der Waals surface area contributed by atoms with Crippen molar-refractivity contribution in [2.45, 2.75) is 32.8 Å². The molecule has 4 heteroatoms. The van der Waals surface area contributed by atoms with Gasteiger partial charge in [0.2, 0.25) is 0 Å². The topological polar surface area (TPSA) is 52.6 Å². The molecule has 80 valence electrons. The van der Waals surface area contributed by atoms with Gasteiger partial charge in [0.05, 0.1) is 19.6 Å². The lowest BCUT2D eigenvalue weighted by atomic mass is 10.2. The Morgan fingerprint density at radius 1 is 1.43 bits per heavy atom. The molecule has 0 N–H and O–H groups in total. The van der Waals surface area contributed by atoms with Gasteiger partial charge in [-0.05, 0) is 13.3 Å². The van der Waals surface area contributed by atoms with Gasteiger partial charge in [-0.2, -0.15) is 0 Å². The van der Waals surface area contributed by atoms with Crippen LogP contribution in [0.25, 0.3) is 0 Å². The molecule has 0 aliphatic heterocycles. The zero-order valence-corrected chi connectivity index (χ0v) is 8.83. The molecule has 0 aliphatic rings. The van der Waals surface area contributed by atoms with Crippen molar-refractivity contribution in [1.82, 2.24) is 0 Å². The number of rotatable bonds is 5. The lowest BCUT2D eigenvalue weighted by Crippen LogP contribution is -2.16. The van der Waals surface area contributed by atoms with Gasteiger partial charge in [0.1, 0.15) is 0 Å². The van der Waals surface area contributed by atoms with E-state index in [9.17, 15) is 9.59 Å². The van der Waals surface area contributed by atoms with Crippen molar-refractivity contribution in [1.29, 1.82) is 0 Å². The molecule has 14 heavy (non-hydrogen) atoms. The van der Waals surface area contributed by atoms with Crippen molar-refractivity contribution < 1.29 is 19.1 Å². The first-order valence-corrected chi connectivity index (χ1v) is 4.46. The minimum Gasteiger partial charge on any atom is -0.466 e. The van der Waals surface area contributed by atoms with Crippen LogP contribution in [0.3, 0.4) is 0 Å². The van der Waals surface area contributed by atoms with Crippen LogP contribution in [0.15, 0.2) is 12.2 Å². The van der Waals surface area contributed by atoms with Gasteiger partial charge in [-0.1, -0.05) is 13.5 Å². The van der Waals surface area contributed by atoms with Crippen LogP contribution < -0.4 is 0 Å². The Labute approximate surface area is 83.9 Å². The summed E-state index contributed by atoms with van der Waals surface area (Å²) in [7, 11) is 1.24. The Hall–Kier alpha value is -1.32. The van der Waals surface area contributed by atoms with Crippen LogP contribution in [0.5, 0.6) is 0 Å². The SMILES string of the molecule is C=C(CC(=O)OC(C)CC)C(=O)OC. The quantitative estimate of drug-likeness (QED) is 0.498. The summed E-state index contributed by atoms with van der Waals surface area (Å²) in [6.45, 7) is 7.12. The van der Waals surface area contributed by atoms with Crippen LogP contribution in [-0.4, -0.2) is 25.2 Å². The molecule has 0 aromatic heterocycles. The third-order valence-electron chi connectivity index (χ3n) is 1.74. The van der Waals surface area contributed by atoms with Gasteiger partial charge in [-0.25, -0.2) is 4.79 Å². The van der Waals surface area contributed by atoms with Gasteiger partial charge in [0.25, 0.3) is 0 Å². The maximum absolute atomic E-state index is 11.2. The van der Waals surface area contributed by atoms with Gasteiger partial charge in [-0.3, -0.25) is 4.79 Å². The highest BCUT2D eigenvalue weighted by atomic mass is 16.5. The Morgan fingerprint density at radius 2 is 2.00 bits per heavy atom. The van der Waals surface area contributed by atoms with E-state index in [0.29, 0.717) is 0 Å². The molecular weight excluding hydrogens is 184 g/mol. The lowest BCUT2D eigenvalue weighted by molar-refractivity contribution is -0.149. The van der Waals surface area contributed by atoms with Gasteiger partial charge >= 0.3 is 11.9 Å². The zero-order valence-electron chi connectivity index (χ0n) is 8.83. The average molecular weight is 200 g/mol. The molecule has 0 heterocycles. The van der Waals surface area contributed by atoms with E-state index < -0.39 is 11.9 Å². The second-order valence-corrected chi connectivity index (χ2v) is 2.98. The molecule has 0 amide bonds. The highest BCUT2D eigenvalue weighted by Crippen LogP contribution is 2.05. The Balaban J connectivity index is 3.95. The van der Waals surface area contributed by atoms with Crippen molar-refractivity contribution in [2.24, 2.45) is 0 Å². The first kappa shape index (κ1) is 12.7. The van der Waals surface area contributed by atoms with Crippen LogP contribution in [0.4, 0.5) is 0 Å². The molecule has 0 fully saturated rings. The summed E-state index contributed by atoms with van der Waals surface area (Å²) >= 11 is 0. The smallest absolute Gasteiger partial charge is 0.333 e. The average Bonchev–Trinajstić information content (AvgIpc) is 2.15. The third kappa shape index (κ3) is 4.64. The standard InChI is InChI=1S/C10H16O4/c1-5-8(3)14-9(11)6-7(2)10(12)13-4/h8H,2,5-6H2,1,3-4H3. The number of hydrogen-bond acceptors (Lipinski definition) is 4. The Bertz CT molecular complexity index is 232. The molecule has 0 radical (unpaired) electrons. The van der Waals surface area contributed by atoms with Gasteiger partial charge in [-0.15, -0.1) is 0 Å². The van der Waals surface area contributed by atoms with Crippen LogP contribution in [0.2, 0.25) is 0 Å². The van der Waals surface area contributed by atoms with E-state index in [1.165, 1.54) is 7.11 Å². The van der Waals surface area contributed by atoms with Crippen molar-refractivity contribution in [3.63, 3.8) is 0 Å². The maximum Gasteiger partial charge on any atom is 0.333 e. The maximum atomic E-state index is 11.2. The van der Waals surface area contributed by atoms with Crippen LogP contribution >= 0.6 is 0 Å².